The number of carbonyl (C=O) groups is 4. The smallest absolute Gasteiger partial charge is 0.462 e. The van der Waals surface area contributed by atoms with Crippen LogP contribution in [-0.4, -0.2) is 96.7 Å². The van der Waals surface area contributed by atoms with Crippen LogP contribution in [0.4, 0.5) is 0 Å². The average Bonchev–Trinajstić information content (AvgIpc) is 0.942. The molecule has 0 aromatic carbocycles. The number of esters is 4. The fraction of sp³-hybridized carbons (Fsp3) is 0.951. The summed E-state index contributed by atoms with van der Waals surface area (Å²) >= 11 is 0. The van der Waals surface area contributed by atoms with E-state index < -0.39 is 97.5 Å². The highest BCUT2D eigenvalue weighted by Crippen LogP contribution is 2.45. The first kappa shape index (κ1) is 99.1. The van der Waals surface area contributed by atoms with Crippen molar-refractivity contribution < 1.29 is 80.2 Å². The maximum absolute atomic E-state index is 13.1. The lowest BCUT2D eigenvalue weighted by molar-refractivity contribution is -0.161. The Bertz CT molecular complexity index is 1960. The molecule has 0 spiro atoms. The van der Waals surface area contributed by atoms with E-state index in [1.54, 1.807) is 0 Å². The first-order valence-electron chi connectivity index (χ1n) is 42.4. The van der Waals surface area contributed by atoms with Crippen molar-refractivity contribution in [3.63, 3.8) is 0 Å². The third-order valence-corrected chi connectivity index (χ3v) is 21.8. The van der Waals surface area contributed by atoms with E-state index in [2.05, 4.69) is 48.5 Å². The van der Waals surface area contributed by atoms with Crippen molar-refractivity contribution in [1.82, 2.24) is 0 Å². The lowest BCUT2D eigenvalue weighted by Gasteiger charge is -2.21. The number of rotatable bonds is 80. The molecule has 0 saturated carbocycles. The normalized spacial score (nSPS) is 14.5. The number of hydrogen-bond acceptors (Lipinski definition) is 15. The summed E-state index contributed by atoms with van der Waals surface area (Å²) in [6.07, 6.45) is 61.1. The van der Waals surface area contributed by atoms with Gasteiger partial charge < -0.3 is 33.8 Å². The molecule has 0 radical (unpaired) electrons. The van der Waals surface area contributed by atoms with Gasteiger partial charge in [-0.1, -0.05) is 376 Å². The van der Waals surface area contributed by atoms with Crippen molar-refractivity contribution >= 4 is 39.5 Å². The standard InChI is InChI=1S/C82H160O17P2/c1-8-11-12-13-14-15-34-42-49-56-63-79(84)92-70-78(99-82(87)66-59-52-45-38-37-39-46-53-60-73(4)5)72-97-101(90,91)95-68-76(83)67-94-100(88,89)96-71-77(69-93-80(85)64-57-50-43-35-30-26-23-22-25-29-33-41-48-55-62-75(7)10-3)98-81(86)65-58-51-44-36-31-27-21-19-17-16-18-20-24-28-32-40-47-54-61-74(6)9-2/h73-78,83H,8-72H2,1-7H3,(H,88,89)(H,90,91)/t74?,75?,76-,77-,78-/m1/s1. The minimum absolute atomic E-state index is 0.105. The Morgan fingerprint density at radius 1 is 0.287 bits per heavy atom. The van der Waals surface area contributed by atoms with E-state index in [0.717, 1.165) is 108 Å². The number of phosphoric ester groups is 2. The van der Waals surface area contributed by atoms with E-state index in [-0.39, 0.29) is 25.7 Å². The van der Waals surface area contributed by atoms with Gasteiger partial charge in [-0.3, -0.25) is 37.3 Å². The second-order valence-corrected chi connectivity index (χ2v) is 33.4. The third kappa shape index (κ3) is 73.4. The summed E-state index contributed by atoms with van der Waals surface area (Å²) in [4.78, 5) is 73.0. The van der Waals surface area contributed by atoms with Crippen LogP contribution in [0.5, 0.6) is 0 Å². The first-order chi connectivity index (χ1) is 48.8. The molecule has 0 aliphatic heterocycles. The average molecular weight is 1480 g/mol. The van der Waals surface area contributed by atoms with Crippen molar-refractivity contribution in [2.75, 3.05) is 39.6 Å². The van der Waals surface area contributed by atoms with Crippen LogP contribution in [0.3, 0.4) is 0 Å². The van der Waals surface area contributed by atoms with Gasteiger partial charge in [-0.2, -0.15) is 0 Å². The van der Waals surface area contributed by atoms with Crippen LogP contribution < -0.4 is 0 Å². The molecule has 0 aromatic heterocycles. The number of ether oxygens (including phenoxy) is 4. The minimum atomic E-state index is -4.96. The molecule has 0 saturated heterocycles. The Morgan fingerprint density at radius 3 is 0.752 bits per heavy atom. The van der Waals surface area contributed by atoms with E-state index in [1.165, 1.54) is 238 Å². The molecule has 3 N–H and O–H groups in total. The van der Waals surface area contributed by atoms with Crippen molar-refractivity contribution in [3.05, 3.63) is 0 Å². The molecule has 600 valence electrons. The van der Waals surface area contributed by atoms with Gasteiger partial charge in [-0.25, -0.2) is 9.13 Å². The maximum atomic E-state index is 13.1. The fourth-order valence-corrected chi connectivity index (χ4v) is 14.2. The summed E-state index contributed by atoms with van der Waals surface area (Å²) in [6, 6.07) is 0. The Kier molecular flexibility index (Phi) is 70.9. The Balaban J connectivity index is 5.20. The molecule has 17 nitrogen and oxygen atoms in total. The van der Waals surface area contributed by atoms with Crippen LogP contribution >= 0.6 is 15.6 Å². The molecule has 0 bridgehead atoms. The quantitative estimate of drug-likeness (QED) is 0.0222. The lowest BCUT2D eigenvalue weighted by Crippen LogP contribution is -2.30. The van der Waals surface area contributed by atoms with Gasteiger partial charge in [0.1, 0.15) is 19.3 Å². The molecule has 0 rings (SSSR count). The molecular weight excluding hydrogens is 1320 g/mol. The molecule has 7 atom stereocenters. The molecule has 101 heavy (non-hydrogen) atoms. The third-order valence-electron chi connectivity index (χ3n) is 19.9. The molecule has 0 fully saturated rings. The van der Waals surface area contributed by atoms with Gasteiger partial charge in [0, 0.05) is 25.7 Å². The lowest BCUT2D eigenvalue weighted by atomic mass is 9.99. The Labute approximate surface area is 619 Å². The van der Waals surface area contributed by atoms with Gasteiger partial charge in [-0.15, -0.1) is 0 Å². The zero-order valence-corrected chi connectivity index (χ0v) is 68.2. The van der Waals surface area contributed by atoms with E-state index in [1.807, 2.05) is 0 Å². The summed E-state index contributed by atoms with van der Waals surface area (Å²) < 4.78 is 68.7. The zero-order chi connectivity index (χ0) is 74.4. The molecule has 0 aromatic rings. The van der Waals surface area contributed by atoms with Crippen LogP contribution in [0, 0.1) is 17.8 Å². The van der Waals surface area contributed by atoms with Crippen LogP contribution in [0.1, 0.15) is 427 Å². The van der Waals surface area contributed by atoms with Gasteiger partial charge in [0.05, 0.1) is 26.4 Å². The molecule has 0 aliphatic rings. The van der Waals surface area contributed by atoms with Gasteiger partial charge in [0.2, 0.25) is 0 Å². The number of phosphoric acid groups is 2. The number of aliphatic hydroxyl groups is 1. The highest BCUT2D eigenvalue weighted by Gasteiger charge is 2.30. The molecule has 0 heterocycles. The molecule has 19 heteroatoms. The SMILES string of the molecule is CCCCCCCCCCCCC(=O)OC[C@H](COP(=O)(O)OC[C@H](O)COP(=O)(O)OC[C@@H](COC(=O)CCCCCCCCCCCCCCCCC(C)CC)OC(=O)CCCCCCCCCCCCCCCCCCCCC(C)CC)OC(=O)CCCCCCCCCCC(C)C. The summed E-state index contributed by atoms with van der Waals surface area (Å²) in [5, 5.41) is 10.6. The van der Waals surface area contributed by atoms with Crippen LogP contribution in [0.25, 0.3) is 0 Å². The van der Waals surface area contributed by atoms with Gasteiger partial charge in [-0.05, 0) is 43.4 Å². The maximum Gasteiger partial charge on any atom is 0.472 e. The monoisotopic (exact) mass is 1480 g/mol. The number of hydrogen-bond donors (Lipinski definition) is 3. The van der Waals surface area contributed by atoms with E-state index in [4.69, 9.17) is 37.0 Å². The van der Waals surface area contributed by atoms with Crippen LogP contribution in [0.15, 0.2) is 0 Å². The molecule has 4 unspecified atom stereocenters. The summed E-state index contributed by atoms with van der Waals surface area (Å²) in [5.41, 5.74) is 0. The minimum Gasteiger partial charge on any atom is -0.462 e. The molecular formula is C82H160O17P2. The summed E-state index contributed by atoms with van der Waals surface area (Å²) in [5.74, 6) is 0.327. The number of carbonyl (C=O) groups excluding carboxylic acids is 4. The van der Waals surface area contributed by atoms with Crippen LogP contribution in [0.2, 0.25) is 0 Å². The topological polar surface area (TPSA) is 237 Å². The van der Waals surface area contributed by atoms with E-state index in [0.29, 0.717) is 25.7 Å². The fourth-order valence-electron chi connectivity index (χ4n) is 12.6. The van der Waals surface area contributed by atoms with Gasteiger partial charge in [0.25, 0.3) is 0 Å². The van der Waals surface area contributed by atoms with Crippen molar-refractivity contribution in [1.29, 1.82) is 0 Å². The van der Waals surface area contributed by atoms with Crippen molar-refractivity contribution in [3.8, 4) is 0 Å². The zero-order valence-electron chi connectivity index (χ0n) is 66.4. The number of aliphatic hydroxyl groups excluding tert-OH is 1. The predicted molar refractivity (Wildman–Crippen MR) is 414 cm³/mol. The van der Waals surface area contributed by atoms with Crippen LogP contribution in [-0.2, 0) is 65.4 Å². The van der Waals surface area contributed by atoms with Crippen molar-refractivity contribution in [2.45, 2.75) is 446 Å². The highest BCUT2D eigenvalue weighted by molar-refractivity contribution is 7.47. The first-order valence-corrected chi connectivity index (χ1v) is 45.4. The molecule has 0 amide bonds. The number of unbranched alkanes of at least 4 members (excludes halogenated alkanes) is 46. The Morgan fingerprint density at radius 2 is 0.505 bits per heavy atom. The largest absolute Gasteiger partial charge is 0.472 e. The van der Waals surface area contributed by atoms with E-state index in [9.17, 15) is 43.2 Å². The predicted octanol–water partition coefficient (Wildman–Crippen LogP) is 24.5. The van der Waals surface area contributed by atoms with E-state index >= 15 is 0 Å². The van der Waals surface area contributed by atoms with Crippen molar-refractivity contribution in [2.24, 2.45) is 17.8 Å². The summed E-state index contributed by atoms with van der Waals surface area (Å²) in [7, 11) is -9.92. The second-order valence-electron chi connectivity index (χ2n) is 30.5. The summed E-state index contributed by atoms with van der Waals surface area (Å²) in [6.45, 7) is 12.0. The second kappa shape index (κ2) is 72.3. The van der Waals surface area contributed by atoms with Gasteiger partial charge in [0.15, 0.2) is 12.2 Å². The van der Waals surface area contributed by atoms with Gasteiger partial charge >= 0.3 is 39.5 Å². The highest BCUT2D eigenvalue weighted by atomic mass is 31.2. The Hall–Kier alpha value is -1.94. The molecule has 0 aliphatic carbocycles.